The Morgan fingerprint density at radius 3 is 2.65 bits per heavy atom. The number of aromatic nitrogens is 3. The van der Waals surface area contributed by atoms with Gasteiger partial charge in [0, 0.05) is 3.57 Å². The van der Waals surface area contributed by atoms with Gasteiger partial charge >= 0.3 is 0 Å². The molecule has 0 aliphatic heterocycles. The molecular formula is C10H9IN4O2. The Morgan fingerprint density at radius 2 is 2.06 bits per heavy atom. The summed E-state index contributed by atoms with van der Waals surface area (Å²) in [5.74, 6) is 0.104. The van der Waals surface area contributed by atoms with Gasteiger partial charge in [-0.2, -0.15) is 0 Å². The average molecular weight is 344 g/mol. The van der Waals surface area contributed by atoms with Gasteiger partial charge in [0.05, 0.1) is 5.69 Å². The van der Waals surface area contributed by atoms with Crippen LogP contribution in [0.5, 0.6) is 0 Å². The number of hydrogen-bond acceptors (Lipinski definition) is 5. The zero-order valence-electron chi connectivity index (χ0n) is 9.19. The van der Waals surface area contributed by atoms with Crippen LogP contribution in [0.2, 0.25) is 0 Å². The van der Waals surface area contributed by atoms with Crippen molar-refractivity contribution >= 4 is 34.3 Å². The van der Waals surface area contributed by atoms with E-state index in [-0.39, 0.29) is 11.6 Å². The lowest BCUT2D eigenvalue weighted by atomic mass is 10.3. The summed E-state index contributed by atoms with van der Waals surface area (Å²) in [5, 5.41) is 9.70. The molecule has 0 radical (unpaired) electrons. The van der Waals surface area contributed by atoms with Crippen LogP contribution in [-0.2, 0) is 0 Å². The molecule has 2 heterocycles. The number of carbonyl (C=O) groups is 1. The van der Waals surface area contributed by atoms with Crippen LogP contribution in [0, 0.1) is 17.4 Å². The van der Waals surface area contributed by atoms with Crippen LogP contribution >= 0.6 is 22.6 Å². The number of pyridine rings is 1. The highest BCUT2D eigenvalue weighted by atomic mass is 127. The van der Waals surface area contributed by atoms with Crippen LogP contribution in [0.15, 0.2) is 16.8 Å². The SMILES string of the molecule is Cc1nc(NC(=O)c2nonc2C)ccc1I. The quantitative estimate of drug-likeness (QED) is 0.842. The molecule has 88 valence electrons. The minimum Gasteiger partial charge on any atom is -0.305 e. The summed E-state index contributed by atoms with van der Waals surface area (Å²) in [7, 11) is 0. The van der Waals surface area contributed by atoms with E-state index in [1.165, 1.54) is 0 Å². The van der Waals surface area contributed by atoms with Crippen LogP contribution in [0.3, 0.4) is 0 Å². The highest BCUT2D eigenvalue weighted by molar-refractivity contribution is 14.1. The number of anilines is 1. The highest BCUT2D eigenvalue weighted by Crippen LogP contribution is 2.13. The zero-order chi connectivity index (χ0) is 12.4. The third kappa shape index (κ3) is 2.60. The maximum absolute atomic E-state index is 11.8. The van der Waals surface area contributed by atoms with Crippen LogP contribution in [0.1, 0.15) is 21.9 Å². The molecule has 2 aromatic rings. The molecule has 7 heteroatoms. The van der Waals surface area contributed by atoms with E-state index in [2.05, 4.69) is 47.8 Å². The Hall–Kier alpha value is -1.51. The second-order valence-electron chi connectivity index (χ2n) is 3.42. The number of nitrogens with zero attached hydrogens (tertiary/aromatic N) is 3. The molecule has 0 saturated heterocycles. The van der Waals surface area contributed by atoms with Crippen LogP contribution in [0.4, 0.5) is 5.82 Å². The minimum atomic E-state index is -0.378. The van der Waals surface area contributed by atoms with Crippen LogP contribution in [-0.4, -0.2) is 21.2 Å². The van der Waals surface area contributed by atoms with Gasteiger partial charge in [0.25, 0.3) is 5.91 Å². The first-order chi connectivity index (χ1) is 8.08. The Morgan fingerprint density at radius 1 is 1.29 bits per heavy atom. The van der Waals surface area contributed by atoms with Crippen molar-refractivity contribution in [3.8, 4) is 0 Å². The van der Waals surface area contributed by atoms with Gasteiger partial charge in [0.2, 0.25) is 0 Å². The van der Waals surface area contributed by atoms with Gasteiger partial charge in [0.1, 0.15) is 11.5 Å². The molecule has 17 heavy (non-hydrogen) atoms. The van der Waals surface area contributed by atoms with Gasteiger partial charge in [-0.25, -0.2) is 9.61 Å². The van der Waals surface area contributed by atoms with Crippen LogP contribution < -0.4 is 5.32 Å². The van der Waals surface area contributed by atoms with E-state index in [1.807, 2.05) is 13.0 Å². The summed E-state index contributed by atoms with van der Waals surface area (Å²) in [4.78, 5) is 16.0. The van der Waals surface area contributed by atoms with Gasteiger partial charge < -0.3 is 5.32 Å². The number of carbonyl (C=O) groups excluding carboxylic acids is 1. The van der Waals surface area contributed by atoms with E-state index in [1.54, 1.807) is 13.0 Å². The monoisotopic (exact) mass is 344 g/mol. The molecule has 0 aromatic carbocycles. The number of amides is 1. The summed E-state index contributed by atoms with van der Waals surface area (Å²) in [5.41, 5.74) is 1.48. The topological polar surface area (TPSA) is 80.9 Å². The largest absolute Gasteiger partial charge is 0.305 e. The average Bonchev–Trinajstić information content (AvgIpc) is 2.70. The minimum absolute atomic E-state index is 0.169. The van der Waals surface area contributed by atoms with Crippen molar-refractivity contribution < 1.29 is 9.42 Å². The molecular weight excluding hydrogens is 335 g/mol. The fraction of sp³-hybridized carbons (Fsp3) is 0.200. The standard InChI is InChI=1S/C10H9IN4O2/c1-5-7(11)3-4-8(12-5)13-10(16)9-6(2)14-17-15-9/h3-4H,1-2H3,(H,12,13,16). The molecule has 2 rings (SSSR count). The first kappa shape index (κ1) is 12.0. The predicted octanol–water partition coefficient (Wildman–Crippen LogP) is 1.94. The molecule has 1 N–H and O–H groups in total. The normalized spacial score (nSPS) is 10.3. The van der Waals surface area contributed by atoms with E-state index in [0.29, 0.717) is 11.5 Å². The zero-order valence-corrected chi connectivity index (χ0v) is 11.3. The number of nitrogens with one attached hydrogen (secondary N) is 1. The number of rotatable bonds is 2. The van der Waals surface area contributed by atoms with Crippen molar-refractivity contribution in [1.29, 1.82) is 0 Å². The number of aryl methyl sites for hydroxylation is 2. The van der Waals surface area contributed by atoms with Gasteiger partial charge in [-0.15, -0.1) is 0 Å². The molecule has 0 spiro atoms. The van der Waals surface area contributed by atoms with E-state index in [4.69, 9.17) is 0 Å². The highest BCUT2D eigenvalue weighted by Gasteiger charge is 2.15. The summed E-state index contributed by atoms with van der Waals surface area (Å²) in [6.07, 6.45) is 0. The summed E-state index contributed by atoms with van der Waals surface area (Å²) >= 11 is 2.18. The Bertz CT molecular complexity index is 567. The first-order valence-electron chi connectivity index (χ1n) is 4.81. The number of hydrogen-bond donors (Lipinski definition) is 1. The van der Waals surface area contributed by atoms with Gasteiger partial charge in [-0.1, -0.05) is 5.16 Å². The lowest BCUT2D eigenvalue weighted by Crippen LogP contribution is -2.15. The van der Waals surface area contributed by atoms with Crippen molar-refractivity contribution in [2.24, 2.45) is 0 Å². The molecule has 0 aliphatic rings. The van der Waals surface area contributed by atoms with Gasteiger partial charge in [-0.3, -0.25) is 4.79 Å². The fourth-order valence-corrected chi connectivity index (χ4v) is 1.53. The third-order valence-electron chi connectivity index (χ3n) is 2.13. The van der Waals surface area contributed by atoms with Crippen molar-refractivity contribution in [3.63, 3.8) is 0 Å². The summed E-state index contributed by atoms with van der Waals surface area (Å²) in [6, 6.07) is 3.61. The molecule has 6 nitrogen and oxygen atoms in total. The lowest BCUT2D eigenvalue weighted by Gasteiger charge is -2.04. The second-order valence-corrected chi connectivity index (χ2v) is 4.58. The molecule has 0 saturated carbocycles. The lowest BCUT2D eigenvalue weighted by molar-refractivity contribution is 0.101. The Balaban J connectivity index is 2.19. The molecule has 0 unspecified atom stereocenters. The van der Waals surface area contributed by atoms with Crippen molar-refractivity contribution in [2.45, 2.75) is 13.8 Å². The molecule has 0 atom stereocenters. The van der Waals surface area contributed by atoms with E-state index in [0.717, 1.165) is 9.26 Å². The van der Waals surface area contributed by atoms with E-state index < -0.39 is 0 Å². The Kier molecular flexibility index (Phi) is 3.36. The van der Waals surface area contributed by atoms with Gasteiger partial charge in [0.15, 0.2) is 5.69 Å². The fourth-order valence-electron chi connectivity index (χ4n) is 1.23. The maximum Gasteiger partial charge on any atom is 0.281 e. The second kappa shape index (κ2) is 4.78. The molecule has 1 amide bonds. The van der Waals surface area contributed by atoms with Crippen molar-refractivity contribution in [2.75, 3.05) is 5.32 Å². The van der Waals surface area contributed by atoms with Gasteiger partial charge in [-0.05, 0) is 53.7 Å². The first-order valence-corrected chi connectivity index (χ1v) is 5.89. The molecule has 2 aromatic heterocycles. The van der Waals surface area contributed by atoms with E-state index >= 15 is 0 Å². The maximum atomic E-state index is 11.8. The molecule has 0 bridgehead atoms. The number of halogens is 1. The van der Waals surface area contributed by atoms with E-state index in [9.17, 15) is 4.79 Å². The smallest absolute Gasteiger partial charge is 0.281 e. The molecule has 0 fully saturated rings. The van der Waals surface area contributed by atoms with Crippen molar-refractivity contribution in [3.05, 3.63) is 32.8 Å². The third-order valence-corrected chi connectivity index (χ3v) is 3.27. The molecule has 0 aliphatic carbocycles. The van der Waals surface area contributed by atoms with Crippen LogP contribution in [0.25, 0.3) is 0 Å². The Labute approximate surface area is 111 Å². The predicted molar refractivity (Wildman–Crippen MR) is 68.7 cm³/mol. The summed E-state index contributed by atoms with van der Waals surface area (Å²) < 4.78 is 5.51. The summed E-state index contributed by atoms with van der Waals surface area (Å²) in [6.45, 7) is 3.53. The van der Waals surface area contributed by atoms with Crippen molar-refractivity contribution in [1.82, 2.24) is 15.3 Å².